The molecule has 0 saturated carbocycles. The van der Waals surface area contributed by atoms with Gasteiger partial charge in [-0.1, -0.05) is 17.4 Å². The number of rotatable bonds is 11. The number of hydrogen-bond donors (Lipinski definition) is 2. The molecule has 0 aliphatic carbocycles. The number of sulfonamides is 1. The number of thiazole rings is 1. The molecule has 1 aliphatic rings. The number of benzene rings is 1. The smallest absolute Gasteiger partial charge is 0.382 e. The van der Waals surface area contributed by atoms with Crippen molar-refractivity contribution < 1.29 is 57.9 Å². The molecule has 1 fully saturated rings. The lowest BCUT2D eigenvalue weighted by atomic mass is 10.1. The number of anilines is 3. The van der Waals surface area contributed by atoms with Crippen molar-refractivity contribution in [1.82, 2.24) is 19.2 Å². The number of hydrogen-bond acceptors (Lipinski definition) is 12. The topological polar surface area (TPSA) is 159 Å². The molecular formula is C29H31F8N7O5S2. The number of aromatic nitrogens is 2. The Hall–Kier alpha value is -4.28. The molecule has 0 unspecified atom stereocenters. The van der Waals surface area contributed by atoms with Crippen LogP contribution < -0.4 is 16.0 Å². The van der Waals surface area contributed by atoms with Crippen LogP contribution in [-0.4, -0.2) is 111 Å². The summed E-state index contributed by atoms with van der Waals surface area (Å²) in [4.78, 5) is 44.5. The van der Waals surface area contributed by atoms with Crippen LogP contribution in [0.5, 0.6) is 0 Å². The van der Waals surface area contributed by atoms with Crippen LogP contribution in [0.4, 0.5) is 51.9 Å². The third-order valence-corrected chi connectivity index (χ3v) is 10.1. The van der Waals surface area contributed by atoms with Crippen LogP contribution in [0.3, 0.4) is 0 Å². The molecule has 1 saturated heterocycles. The lowest BCUT2D eigenvalue weighted by Gasteiger charge is -2.31. The molecule has 3 N–H and O–H groups in total. The molecule has 3 heterocycles. The van der Waals surface area contributed by atoms with Gasteiger partial charge in [0, 0.05) is 45.5 Å². The maximum atomic E-state index is 14.1. The molecule has 2 aromatic heterocycles. The second kappa shape index (κ2) is 16.4. The van der Waals surface area contributed by atoms with E-state index in [1.807, 2.05) is 26.0 Å². The number of carbonyl (C=O) groups is 3. The van der Waals surface area contributed by atoms with Crippen LogP contribution in [0, 0.1) is 11.6 Å². The van der Waals surface area contributed by atoms with Gasteiger partial charge in [0.2, 0.25) is 15.8 Å². The van der Waals surface area contributed by atoms with Crippen molar-refractivity contribution in [2.75, 3.05) is 63.3 Å². The largest absolute Gasteiger partial charge is 0.458 e. The number of carbonyl (C=O) groups excluding carboxylic acids is 3. The predicted octanol–water partition coefficient (Wildman–Crippen LogP) is 4.14. The van der Waals surface area contributed by atoms with Gasteiger partial charge in [0.15, 0.2) is 5.13 Å². The predicted molar refractivity (Wildman–Crippen MR) is 170 cm³/mol. The molecule has 0 spiro atoms. The number of Topliss-reactive ketones (excluding diaryl/α,β-unsaturated/α-hetero) is 2. The molecule has 22 heteroatoms. The number of nitrogens with two attached hydrogens (primary N) is 1. The van der Waals surface area contributed by atoms with Gasteiger partial charge in [-0.25, -0.2) is 27.2 Å². The van der Waals surface area contributed by atoms with Gasteiger partial charge in [0.05, 0.1) is 5.56 Å². The standard InChI is InChI=1S/C25H31F2N7O3S2.C4F6O2/c1-32(2)13-14-33(3)20-8-7-17(15-29-20)39(36,37)34-11-9-16(10-12-34)30-25-31-24(28)23(38-25)22(35)21-18(26)5-4-6-19(21)27;5-3(6,7)1(11)2(12)4(8,9)10/h4-8,15-16H,9-14,28H2,1-3H3,(H,30,31);. The summed E-state index contributed by atoms with van der Waals surface area (Å²) in [5, 5.41) is 3.50. The molecule has 4 rings (SSSR count). The van der Waals surface area contributed by atoms with Crippen molar-refractivity contribution in [2.45, 2.75) is 36.1 Å². The van der Waals surface area contributed by atoms with Crippen molar-refractivity contribution >= 4 is 55.5 Å². The minimum atomic E-state index is -5.77. The van der Waals surface area contributed by atoms with Crippen LogP contribution >= 0.6 is 11.3 Å². The van der Waals surface area contributed by atoms with E-state index < -0.39 is 56.9 Å². The Balaban J connectivity index is 0.000000501. The van der Waals surface area contributed by atoms with Crippen LogP contribution in [-0.2, 0) is 19.6 Å². The first-order valence-corrected chi connectivity index (χ1v) is 16.9. The molecule has 0 bridgehead atoms. The minimum absolute atomic E-state index is 0.0650. The molecule has 12 nitrogen and oxygen atoms in total. The summed E-state index contributed by atoms with van der Waals surface area (Å²) in [5.41, 5.74) is 5.20. The molecule has 0 amide bonds. The molecule has 1 aromatic carbocycles. The van der Waals surface area contributed by atoms with Crippen LogP contribution in [0.2, 0.25) is 0 Å². The first kappa shape index (κ1) is 41.1. The summed E-state index contributed by atoms with van der Waals surface area (Å²) in [6.07, 6.45) is -9.18. The van der Waals surface area contributed by atoms with Crippen molar-refractivity contribution in [1.29, 1.82) is 0 Å². The van der Waals surface area contributed by atoms with E-state index in [4.69, 9.17) is 5.73 Å². The van der Waals surface area contributed by atoms with Gasteiger partial charge in [0.25, 0.3) is 0 Å². The summed E-state index contributed by atoms with van der Waals surface area (Å²) in [6, 6.07) is 6.34. The minimum Gasteiger partial charge on any atom is -0.382 e. The summed E-state index contributed by atoms with van der Waals surface area (Å²) in [7, 11) is 2.16. The highest BCUT2D eigenvalue weighted by Gasteiger charge is 2.54. The van der Waals surface area contributed by atoms with E-state index in [-0.39, 0.29) is 34.7 Å². The Morgan fingerprint density at radius 2 is 1.49 bits per heavy atom. The van der Waals surface area contributed by atoms with Gasteiger partial charge in [-0.3, -0.25) is 14.4 Å². The fourth-order valence-corrected chi connectivity index (χ4v) is 6.75. The summed E-state index contributed by atoms with van der Waals surface area (Å²) in [6.45, 7) is 2.15. The van der Waals surface area contributed by atoms with Crippen LogP contribution in [0.25, 0.3) is 0 Å². The molecule has 280 valence electrons. The zero-order chi connectivity index (χ0) is 38.5. The van der Waals surface area contributed by atoms with Crippen molar-refractivity contribution in [3.05, 3.63) is 58.6 Å². The number of nitrogens with zero attached hydrogens (tertiary/aromatic N) is 5. The highest BCUT2D eigenvalue weighted by atomic mass is 32.2. The second-order valence-electron chi connectivity index (χ2n) is 11.2. The van der Waals surface area contributed by atoms with Crippen LogP contribution in [0.15, 0.2) is 41.4 Å². The monoisotopic (exact) mass is 773 g/mol. The molecular weight excluding hydrogens is 742 g/mol. The summed E-state index contributed by atoms with van der Waals surface area (Å²) in [5.74, 6) is -9.08. The number of nitrogen functional groups attached to an aromatic ring is 1. The zero-order valence-electron chi connectivity index (χ0n) is 27.0. The van der Waals surface area contributed by atoms with Gasteiger partial charge in [-0.15, -0.1) is 0 Å². The number of alkyl halides is 6. The Labute approximate surface area is 290 Å². The van der Waals surface area contributed by atoms with Crippen molar-refractivity contribution in [3.8, 4) is 0 Å². The number of ketones is 3. The summed E-state index contributed by atoms with van der Waals surface area (Å²) < 4.78 is 123. The van der Waals surface area contributed by atoms with E-state index in [0.717, 1.165) is 36.6 Å². The lowest BCUT2D eigenvalue weighted by molar-refractivity contribution is -0.193. The van der Waals surface area contributed by atoms with E-state index in [0.29, 0.717) is 23.8 Å². The fourth-order valence-electron chi connectivity index (χ4n) is 4.42. The quantitative estimate of drug-likeness (QED) is 0.164. The SMILES string of the molecule is CN(C)CCN(C)c1ccc(S(=O)(=O)N2CCC(Nc3nc(N)c(C(=O)c4c(F)cccc4F)s3)CC2)cn1.O=C(C(=O)C(F)(F)F)C(F)(F)F. The van der Waals surface area contributed by atoms with E-state index in [1.165, 1.54) is 16.6 Å². The Kier molecular flexibility index (Phi) is 13.2. The second-order valence-corrected chi connectivity index (χ2v) is 14.1. The maximum Gasteiger partial charge on any atom is 0.458 e. The van der Waals surface area contributed by atoms with Gasteiger partial charge in [-0.2, -0.15) is 30.6 Å². The summed E-state index contributed by atoms with van der Waals surface area (Å²) >= 11 is 0.908. The number of likely N-dealkylation sites (N-methyl/N-ethyl adjacent to an activating group) is 2. The van der Waals surface area contributed by atoms with Gasteiger partial charge in [0.1, 0.15) is 33.0 Å². The third kappa shape index (κ3) is 10.6. The van der Waals surface area contributed by atoms with Crippen molar-refractivity contribution in [3.63, 3.8) is 0 Å². The third-order valence-electron chi connectivity index (χ3n) is 7.18. The average Bonchev–Trinajstić information content (AvgIpc) is 3.41. The van der Waals surface area contributed by atoms with E-state index in [9.17, 15) is 57.9 Å². The highest BCUT2D eigenvalue weighted by Crippen LogP contribution is 2.31. The first-order valence-electron chi connectivity index (χ1n) is 14.6. The molecule has 51 heavy (non-hydrogen) atoms. The Bertz CT molecular complexity index is 1780. The van der Waals surface area contributed by atoms with Crippen molar-refractivity contribution in [2.24, 2.45) is 0 Å². The highest BCUT2D eigenvalue weighted by molar-refractivity contribution is 7.89. The average molecular weight is 774 g/mol. The van der Waals surface area contributed by atoms with E-state index in [2.05, 4.69) is 20.2 Å². The molecule has 0 radical (unpaired) electrons. The number of pyridine rings is 1. The fraction of sp³-hybridized carbons (Fsp3) is 0.414. The number of nitrogens with one attached hydrogen (secondary N) is 1. The van der Waals surface area contributed by atoms with E-state index in [1.54, 1.807) is 12.1 Å². The van der Waals surface area contributed by atoms with Crippen LogP contribution in [0.1, 0.15) is 28.1 Å². The zero-order valence-corrected chi connectivity index (χ0v) is 28.6. The van der Waals surface area contributed by atoms with E-state index >= 15 is 0 Å². The Morgan fingerprint density at radius 3 is 1.96 bits per heavy atom. The maximum absolute atomic E-state index is 14.1. The Morgan fingerprint density at radius 1 is 0.941 bits per heavy atom. The molecule has 3 aromatic rings. The number of piperidine rings is 1. The molecule has 0 atom stereocenters. The van der Waals surface area contributed by atoms with Gasteiger partial charge < -0.3 is 20.9 Å². The van der Waals surface area contributed by atoms with Gasteiger partial charge >= 0.3 is 23.9 Å². The lowest BCUT2D eigenvalue weighted by Crippen LogP contribution is -2.42. The van der Waals surface area contributed by atoms with Gasteiger partial charge in [-0.05, 0) is 51.2 Å². The normalized spacial score (nSPS) is 14.5. The number of halogens is 8. The molecule has 1 aliphatic heterocycles. The first-order chi connectivity index (χ1) is 23.5.